The number of aryl methyl sites for hydroxylation is 2. The number of carboxylic acids is 1. The number of rotatable bonds is 5. The first kappa shape index (κ1) is 13.7. The lowest BCUT2D eigenvalue weighted by molar-refractivity contribution is -0.133. The third-order valence-electron chi connectivity index (χ3n) is 2.71. The first-order valence-corrected chi connectivity index (χ1v) is 7.11. The second kappa shape index (κ2) is 5.93. The Kier molecular flexibility index (Phi) is 4.27. The van der Waals surface area contributed by atoms with Gasteiger partial charge < -0.3 is 5.11 Å². The first-order valence-electron chi connectivity index (χ1n) is 5.95. The van der Waals surface area contributed by atoms with Crippen LogP contribution in [-0.4, -0.2) is 26.6 Å². The summed E-state index contributed by atoms with van der Waals surface area (Å²) in [6.45, 7) is 2.05. The van der Waals surface area contributed by atoms with E-state index in [0.717, 1.165) is 16.8 Å². The van der Waals surface area contributed by atoms with Crippen LogP contribution in [0.15, 0.2) is 30.5 Å². The molecule has 0 fully saturated rings. The predicted octanol–water partition coefficient (Wildman–Crippen LogP) is 2.71. The van der Waals surface area contributed by atoms with Gasteiger partial charge in [0.05, 0.1) is 11.4 Å². The molecule has 1 aromatic heterocycles. The molecule has 5 heteroatoms. The van der Waals surface area contributed by atoms with Gasteiger partial charge in [0.1, 0.15) is 0 Å². The monoisotopic (exact) mass is 276 g/mol. The molecule has 0 saturated carbocycles. The van der Waals surface area contributed by atoms with Crippen LogP contribution in [-0.2, 0) is 17.6 Å². The van der Waals surface area contributed by atoms with Gasteiger partial charge in [0.2, 0.25) is 0 Å². The molecule has 2 rings (SSSR count). The summed E-state index contributed by atoms with van der Waals surface area (Å²) >= 11 is 1.39. The minimum Gasteiger partial charge on any atom is -0.481 e. The van der Waals surface area contributed by atoms with Gasteiger partial charge in [0, 0.05) is 30.1 Å². The summed E-state index contributed by atoms with van der Waals surface area (Å²) in [6.07, 6.45) is 1.95. The Morgan fingerprint density at radius 3 is 2.68 bits per heavy atom. The second-order valence-electron chi connectivity index (χ2n) is 4.43. The molecule has 1 N–H and O–H groups in total. The van der Waals surface area contributed by atoms with E-state index in [1.807, 2.05) is 32.3 Å². The second-order valence-corrected chi connectivity index (χ2v) is 5.41. The molecule has 0 aliphatic heterocycles. The van der Waals surface area contributed by atoms with Crippen LogP contribution in [0.5, 0.6) is 0 Å². The van der Waals surface area contributed by atoms with Gasteiger partial charge in [-0.3, -0.25) is 9.48 Å². The van der Waals surface area contributed by atoms with Gasteiger partial charge in [-0.15, -0.1) is 11.8 Å². The molecule has 0 radical (unpaired) electrons. The number of hydrogen-bond acceptors (Lipinski definition) is 3. The predicted molar refractivity (Wildman–Crippen MR) is 77.2 cm³/mol. The average Bonchev–Trinajstić information content (AvgIpc) is 2.71. The van der Waals surface area contributed by atoms with E-state index in [1.165, 1.54) is 17.3 Å². The smallest absolute Gasteiger partial charge is 0.313 e. The van der Waals surface area contributed by atoms with Crippen LogP contribution >= 0.6 is 11.8 Å². The number of hydrogen-bond donors (Lipinski definition) is 1. The van der Waals surface area contributed by atoms with Crippen LogP contribution in [0.3, 0.4) is 0 Å². The zero-order chi connectivity index (χ0) is 13.8. The van der Waals surface area contributed by atoms with E-state index in [2.05, 4.69) is 17.2 Å². The minimum absolute atomic E-state index is 0.113. The van der Waals surface area contributed by atoms with Gasteiger partial charge in [0.25, 0.3) is 0 Å². The molecule has 100 valence electrons. The normalized spacial score (nSPS) is 10.6. The van der Waals surface area contributed by atoms with Crippen LogP contribution in [0.4, 0.5) is 0 Å². The third kappa shape index (κ3) is 3.61. The van der Waals surface area contributed by atoms with Crippen LogP contribution in [0.1, 0.15) is 11.1 Å². The Morgan fingerprint density at radius 1 is 1.37 bits per heavy atom. The van der Waals surface area contributed by atoms with Crippen molar-refractivity contribution in [1.29, 1.82) is 0 Å². The fourth-order valence-electron chi connectivity index (χ4n) is 1.85. The molecular weight excluding hydrogens is 260 g/mol. The number of benzene rings is 1. The van der Waals surface area contributed by atoms with Crippen molar-refractivity contribution in [3.8, 4) is 11.3 Å². The number of aromatic nitrogens is 2. The third-order valence-corrected chi connectivity index (χ3v) is 3.68. The van der Waals surface area contributed by atoms with E-state index in [0.29, 0.717) is 5.75 Å². The topological polar surface area (TPSA) is 55.1 Å². The van der Waals surface area contributed by atoms with Crippen molar-refractivity contribution in [2.24, 2.45) is 7.05 Å². The van der Waals surface area contributed by atoms with Gasteiger partial charge in [-0.05, 0) is 6.92 Å². The van der Waals surface area contributed by atoms with Crippen molar-refractivity contribution in [2.75, 3.05) is 5.75 Å². The highest BCUT2D eigenvalue weighted by Gasteiger charge is 2.10. The molecule has 0 aliphatic rings. The molecule has 1 aromatic carbocycles. The Hall–Kier alpha value is -1.75. The first-order chi connectivity index (χ1) is 9.06. The summed E-state index contributed by atoms with van der Waals surface area (Å²) in [5.74, 6) is -0.0169. The van der Waals surface area contributed by atoms with Gasteiger partial charge in [0.15, 0.2) is 0 Å². The summed E-state index contributed by atoms with van der Waals surface area (Å²) in [5.41, 5.74) is 4.27. The zero-order valence-electron chi connectivity index (χ0n) is 11.0. The highest BCUT2D eigenvalue weighted by molar-refractivity contribution is 7.99. The Balaban J connectivity index is 2.20. The molecule has 0 atom stereocenters. The Morgan fingerprint density at radius 2 is 2.05 bits per heavy atom. The summed E-state index contributed by atoms with van der Waals surface area (Å²) in [5, 5.41) is 13.1. The van der Waals surface area contributed by atoms with Gasteiger partial charge in [-0.2, -0.15) is 5.10 Å². The van der Waals surface area contributed by atoms with E-state index in [1.54, 1.807) is 4.68 Å². The highest BCUT2D eigenvalue weighted by atomic mass is 32.2. The number of carbonyl (C=O) groups is 1. The van der Waals surface area contributed by atoms with Crippen molar-refractivity contribution in [1.82, 2.24) is 9.78 Å². The zero-order valence-corrected chi connectivity index (χ0v) is 11.8. The van der Waals surface area contributed by atoms with E-state index >= 15 is 0 Å². The van der Waals surface area contributed by atoms with E-state index < -0.39 is 5.97 Å². The van der Waals surface area contributed by atoms with Crippen molar-refractivity contribution < 1.29 is 9.90 Å². The molecule has 0 bridgehead atoms. The van der Waals surface area contributed by atoms with Gasteiger partial charge >= 0.3 is 5.97 Å². The van der Waals surface area contributed by atoms with Gasteiger partial charge in [-0.1, -0.05) is 29.8 Å². The standard InChI is InChI=1S/C14H16N2O2S/c1-10-3-5-11(6-4-10)14-12(7-16(2)15-14)8-19-9-13(17)18/h3-7H,8-9H2,1-2H3,(H,17,18). The summed E-state index contributed by atoms with van der Waals surface area (Å²) in [6, 6.07) is 8.20. The SMILES string of the molecule is Cc1ccc(-c2nn(C)cc2CSCC(=O)O)cc1. The minimum atomic E-state index is -0.786. The maximum absolute atomic E-state index is 10.5. The van der Waals surface area contributed by atoms with Crippen LogP contribution < -0.4 is 0 Å². The lowest BCUT2D eigenvalue weighted by atomic mass is 10.1. The molecule has 0 amide bonds. The van der Waals surface area contributed by atoms with E-state index in [9.17, 15) is 4.79 Å². The maximum atomic E-state index is 10.5. The fraction of sp³-hybridized carbons (Fsp3) is 0.286. The molecule has 4 nitrogen and oxygen atoms in total. The summed E-state index contributed by atoms with van der Waals surface area (Å²) in [4.78, 5) is 10.5. The lowest BCUT2D eigenvalue weighted by Crippen LogP contribution is -1.98. The maximum Gasteiger partial charge on any atom is 0.313 e. The van der Waals surface area contributed by atoms with E-state index in [4.69, 9.17) is 5.11 Å². The molecule has 2 aromatic rings. The van der Waals surface area contributed by atoms with Crippen molar-refractivity contribution in [2.45, 2.75) is 12.7 Å². The van der Waals surface area contributed by atoms with Crippen LogP contribution in [0, 0.1) is 6.92 Å². The number of thioether (sulfide) groups is 1. The Bertz CT molecular complexity index is 576. The van der Waals surface area contributed by atoms with Crippen LogP contribution in [0.25, 0.3) is 11.3 Å². The number of carboxylic acid groups (broad SMARTS) is 1. The molecule has 0 unspecified atom stereocenters. The largest absolute Gasteiger partial charge is 0.481 e. The summed E-state index contributed by atoms with van der Waals surface area (Å²) in [7, 11) is 1.88. The molecule has 0 spiro atoms. The molecular formula is C14H16N2O2S. The fourth-order valence-corrected chi connectivity index (χ4v) is 2.55. The molecule has 1 heterocycles. The summed E-state index contributed by atoms with van der Waals surface area (Å²) < 4.78 is 1.77. The number of aliphatic carboxylic acids is 1. The van der Waals surface area contributed by atoms with Crippen LogP contribution in [0.2, 0.25) is 0 Å². The van der Waals surface area contributed by atoms with Crippen molar-refractivity contribution in [3.63, 3.8) is 0 Å². The molecule has 19 heavy (non-hydrogen) atoms. The quantitative estimate of drug-likeness (QED) is 0.912. The van der Waals surface area contributed by atoms with E-state index in [-0.39, 0.29) is 5.75 Å². The van der Waals surface area contributed by atoms with Gasteiger partial charge in [-0.25, -0.2) is 0 Å². The highest BCUT2D eigenvalue weighted by Crippen LogP contribution is 2.25. The molecule has 0 saturated heterocycles. The Labute approximate surface area is 116 Å². The molecule has 0 aliphatic carbocycles. The average molecular weight is 276 g/mol. The van der Waals surface area contributed by atoms with Crippen molar-refractivity contribution >= 4 is 17.7 Å². The number of nitrogens with zero attached hydrogens (tertiary/aromatic N) is 2. The lowest BCUT2D eigenvalue weighted by Gasteiger charge is -2.02. The van der Waals surface area contributed by atoms with Crippen molar-refractivity contribution in [3.05, 3.63) is 41.6 Å².